The highest BCUT2D eigenvalue weighted by atomic mass is 32.1. The third-order valence-corrected chi connectivity index (χ3v) is 5.92. The second-order valence-corrected chi connectivity index (χ2v) is 8.40. The van der Waals surface area contributed by atoms with Crippen LogP contribution in [0.5, 0.6) is 5.75 Å². The zero-order valence-electron chi connectivity index (χ0n) is 16.8. The summed E-state index contributed by atoms with van der Waals surface area (Å²) in [4.78, 5) is 16.9. The van der Waals surface area contributed by atoms with Gasteiger partial charge in [-0.25, -0.2) is 0 Å². The number of aryl methyl sites for hydroxylation is 2. The lowest BCUT2D eigenvalue weighted by atomic mass is 9.78. The summed E-state index contributed by atoms with van der Waals surface area (Å²) in [5.74, 6) is 0.338. The van der Waals surface area contributed by atoms with Crippen LogP contribution in [0.1, 0.15) is 29.7 Å². The van der Waals surface area contributed by atoms with Crippen LogP contribution in [0.2, 0.25) is 0 Å². The normalized spacial score (nSPS) is 25.5. The minimum atomic E-state index is -0.940. The Bertz CT molecular complexity index is 974. The Morgan fingerprint density at radius 2 is 1.89 bits per heavy atom. The van der Waals surface area contributed by atoms with E-state index in [2.05, 4.69) is 17.4 Å². The van der Waals surface area contributed by atoms with E-state index in [1.54, 1.807) is 19.0 Å². The summed E-state index contributed by atoms with van der Waals surface area (Å²) in [5.41, 5.74) is 3.18. The van der Waals surface area contributed by atoms with E-state index in [-0.39, 0.29) is 11.9 Å². The van der Waals surface area contributed by atoms with Crippen molar-refractivity contribution in [1.82, 2.24) is 10.2 Å². The van der Waals surface area contributed by atoms with Gasteiger partial charge in [-0.3, -0.25) is 9.69 Å². The second-order valence-electron chi connectivity index (χ2n) is 8.01. The Balaban J connectivity index is 1.93. The van der Waals surface area contributed by atoms with E-state index < -0.39 is 11.6 Å². The van der Waals surface area contributed by atoms with Crippen LogP contribution in [0.4, 0.5) is 5.69 Å². The molecule has 5 nitrogen and oxygen atoms in total. The van der Waals surface area contributed by atoms with Crippen LogP contribution >= 0.6 is 12.2 Å². The van der Waals surface area contributed by atoms with Gasteiger partial charge in [0.2, 0.25) is 5.91 Å². The molecule has 2 bridgehead atoms. The van der Waals surface area contributed by atoms with E-state index in [0.29, 0.717) is 5.11 Å². The summed E-state index contributed by atoms with van der Waals surface area (Å²) in [6.45, 7) is 6.04. The first kappa shape index (κ1) is 18.7. The van der Waals surface area contributed by atoms with Crippen LogP contribution in [0.25, 0.3) is 0 Å². The number of amides is 1. The summed E-state index contributed by atoms with van der Waals surface area (Å²) in [5, 5.41) is 4.00. The van der Waals surface area contributed by atoms with Gasteiger partial charge in [-0.2, -0.15) is 0 Å². The molecule has 0 radical (unpaired) electrons. The third-order valence-electron chi connectivity index (χ3n) is 5.62. The average Bonchev–Trinajstić information content (AvgIpc) is 2.61. The van der Waals surface area contributed by atoms with Crippen molar-refractivity contribution in [2.24, 2.45) is 5.92 Å². The van der Waals surface area contributed by atoms with Crippen LogP contribution < -0.4 is 15.0 Å². The predicted molar refractivity (Wildman–Crippen MR) is 115 cm³/mol. The Hall–Kier alpha value is -2.60. The van der Waals surface area contributed by atoms with E-state index in [0.717, 1.165) is 28.1 Å². The number of hydrogen-bond acceptors (Lipinski definition) is 3. The second kappa shape index (κ2) is 6.48. The van der Waals surface area contributed by atoms with Crippen molar-refractivity contribution in [2.75, 3.05) is 19.0 Å². The molecule has 2 aliphatic rings. The molecule has 0 unspecified atom stereocenters. The van der Waals surface area contributed by atoms with Gasteiger partial charge < -0.3 is 15.0 Å². The average molecular weight is 396 g/mol. The van der Waals surface area contributed by atoms with Crippen molar-refractivity contribution in [3.8, 4) is 5.75 Å². The standard InChI is InChI=1S/C22H25N3O2S/c1-13-7-6-8-15(11-13)25-21(28)23-19-16-12-14(2)9-10-17(16)27-22(25,3)18(19)20(26)24(4)5/h6-12,18-19H,1-5H3,(H,23,28)/t18-,19-,22-/m0/s1. The van der Waals surface area contributed by atoms with Gasteiger partial charge in [0.1, 0.15) is 11.7 Å². The van der Waals surface area contributed by atoms with E-state index in [4.69, 9.17) is 17.0 Å². The monoisotopic (exact) mass is 395 g/mol. The summed E-state index contributed by atoms with van der Waals surface area (Å²) < 4.78 is 6.56. The van der Waals surface area contributed by atoms with Gasteiger partial charge >= 0.3 is 0 Å². The van der Waals surface area contributed by atoms with Crippen LogP contribution in [-0.4, -0.2) is 35.7 Å². The lowest BCUT2D eigenvalue weighted by Crippen LogP contribution is -2.72. The lowest BCUT2D eigenvalue weighted by Gasteiger charge is -2.56. The maximum absolute atomic E-state index is 13.3. The zero-order valence-corrected chi connectivity index (χ0v) is 17.6. The fourth-order valence-corrected chi connectivity index (χ4v) is 4.73. The molecule has 2 aromatic carbocycles. The van der Waals surface area contributed by atoms with Crippen molar-refractivity contribution < 1.29 is 9.53 Å². The van der Waals surface area contributed by atoms with Crippen molar-refractivity contribution in [1.29, 1.82) is 0 Å². The molecule has 6 heteroatoms. The first-order valence-electron chi connectivity index (χ1n) is 9.40. The van der Waals surface area contributed by atoms with Crippen molar-refractivity contribution in [3.63, 3.8) is 0 Å². The highest BCUT2D eigenvalue weighted by Gasteiger charge is 2.59. The molecule has 2 heterocycles. The first-order chi connectivity index (χ1) is 13.2. The van der Waals surface area contributed by atoms with Gasteiger partial charge in [-0.15, -0.1) is 0 Å². The summed E-state index contributed by atoms with van der Waals surface area (Å²) in [6, 6.07) is 13.9. The number of rotatable bonds is 2. The number of carbonyl (C=O) groups excluding carboxylic acids is 1. The molecule has 28 heavy (non-hydrogen) atoms. The number of carbonyl (C=O) groups is 1. The zero-order chi connectivity index (χ0) is 20.2. The Labute approximate surface area is 171 Å². The summed E-state index contributed by atoms with van der Waals surface area (Å²) >= 11 is 5.76. The molecule has 2 aliphatic heterocycles. The van der Waals surface area contributed by atoms with E-state index in [9.17, 15) is 4.79 Å². The molecule has 0 aromatic heterocycles. The first-order valence-corrected chi connectivity index (χ1v) is 9.81. The van der Waals surface area contributed by atoms with Gasteiger partial charge in [0.15, 0.2) is 10.8 Å². The van der Waals surface area contributed by atoms with Crippen molar-refractivity contribution >= 4 is 28.9 Å². The molecular weight excluding hydrogens is 370 g/mol. The van der Waals surface area contributed by atoms with Gasteiger partial charge in [0.25, 0.3) is 0 Å². The van der Waals surface area contributed by atoms with Gasteiger partial charge in [-0.05, 0) is 56.8 Å². The van der Waals surface area contributed by atoms with Gasteiger partial charge in [0.05, 0.1) is 6.04 Å². The van der Waals surface area contributed by atoms with Crippen LogP contribution in [-0.2, 0) is 4.79 Å². The molecule has 3 atom stereocenters. The van der Waals surface area contributed by atoms with Crippen LogP contribution in [0, 0.1) is 19.8 Å². The number of thiocarbonyl (C=S) groups is 1. The van der Waals surface area contributed by atoms with Crippen molar-refractivity contribution in [2.45, 2.75) is 32.5 Å². The fourth-order valence-electron chi connectivity index (χ4n) is 4.31. The largest absolute Gasteiger partial charge is 0.467 e. The Kier molecular flexibility index (Phi) is 4.34. The summed E-state index contributed by atoms with van der Waals surface area (Å²) in [7, 11) is 3.56. The maximum atomic E-state index is 13.3. The number of anilines is 1. The molecular formula is C22H25N3O2S. The van der Waals surface area contributed by atoms with Crippen LogP contribution in [0.3, 0.4) is 0 Å². The highest BCUT2D eigenvalue weighted by molar-refractivity contribution is 7.80. The highest BCUT2D eigenvalue weighted by Crippen LogP contribution is 2.50. The molecule has 0 aliphatic carbocycles. The van der Waals surface area contributed by atoms with Crippen molar-refractivity contribution in [3.05, 3.63) is 59.2 Å². The maximum Gasteiger partial charge on any atom is 0.233 e. The Morgan fingerprint density at radius 1 is 1.18 bits per heavy atom. The molecule has 146 valence electrons. The SMILES string of the molecule is Cc1cccc(N2C(=S)N[C@H]3c4cc(C)ccc4O[C@@]2(C)[C@@H]3C(=O)N(C)C)c1. The van der Waals surface area contributed by atoms with Gasteiger partial charge in [0, 0.05) is 25.3 Å². The molecule has 2 aromatic rings. The summed E-state index contributed by atoms with van der Waals surface area (Å²) in [6.07, 6.45) is 0. The fraction of sp³-hybridized carbons (Fsp3) is 0.364. The minimum Gasteiger partial charge on any atom is -0.467 e. The van der Waals surface area contributed by atoms with E-state index >= 15 is 0 Å². The molecule has 1 N–H and O–H groups in total. The number of hydrogen-bond donors (Lipinski definition) is 1. The topological polar surface area (TPSA) is 44.8 Å². The molecule has 1 amide bonds. The number of ether oxygens (including phenoxy) is 1. The number of fused-ring (bicyclic) bond motifs is 4. The quantitative estimate of drug-likeness (QED) is 0.788. The minimum absolute atomic E-state index is 0.00677. The molecule has 4 rings (SSSR count). The lowest BCUT2D eigenvalue weighted by molar-refractivity contribution is -0.144. The molecule has 1 fully saturated rings. The predicted octanol–water partition coefficient (Wildman–Crippen LogP) is 3.55. The molecule has 0 spiro atoms. The molecule has 1 saturated heterocycles. The smallest absolute Gasteiger partial charge is 0.233 e. The number of benzene rings is 2. The Morgan fingerprint density at radius 3 is 2.57 bits per heavy atom. The number of nitrogens with zero attached hydrogens (tertiary/aromatic N) is 2. The molecule has 0 saturated carbocycles. The van der Waals surface area contributed by atoms with E-state index in [1.165, 1.54) is 0 Å². The van der Waals surface area contributed by atoms with E-state index in [1.807, 2.05) is 56.0 Å². The number of nitrogens with one attached hydrogen (secondary N) is 1. The van der Waals surface area contributed by atoms with Gasteiger partial charge in [-0.1, -0.05) is 29.8 Å². The third kappa shape index (κ3) is 2.75. The van der Waals surface area contributed by atoms with Crippen LogP contribution in [0.15, 0.2) is 42.5 Å².